The molecule has 0 amide bonds. The molecule has 0 radical (unpaired) electrons. The van der Waals surface area contributed by atoms with E-state index in [0.29, 0.717) is 12.1 Å². The first-order valence-corrected chi connectivity index (χ1v) is 4.71. The molecule has 0 unspecified atom stereocenters. The Kier molecular flexibility index (Phi) is 4.17. The van der Waals surface area contributed by atoms with Crippen molar-refractivity contribution in [3.63, 3.8) is 0 Å². The Bertz CT molecular complexity index is 298. The standard InChI is InChI=1S/C11H15NO2/c1-12(6-7-13)8-10-4-2-3-5-11(10)9-14/h3,5,8,13H,2,4,6-7H2,1H3/b10-8-. The number of hydrogen-bond donors (Lipinski definition) is 1. The second-order valence-corrected chi connectivity index (χ2v) is 3.32. The predicted octanol–water partition coefficient (Wildman–Crippen LogP) is 0.902. The van der Waals surface area contributed by atoms with Crippen molar-refractivity contribution in [2.75, 3.05) is 20.2 Å². The predicted molar refractivity (Wildman–Crippen MR) is 55.4 cm³/mol. The van der Waals surface area contributed by atoms with E-state index in [0.717, 1.165) is 18.4 Å². The van der Waals surface area contributed by atoms with Crippen molar-refractivity contribution in [3.8, 4) is 0 Å². The van der Waals surface area contributed by atoms with Crippen molar-refractivity contribution in [1.29, 1.82) is 0 Å². The number of nitrogens with zero attached hydrogens (tertiary/aromatic N) is 1. The molecule has 0 saturated heterocycles. The van der Waals surface area contributed by atoms with Crippen LogP contribution in [-0.4, -0.2) is 36.1 Å². The summed E-state index contributed by atoms with van der Waals surface area (Å²) in [7, 11) is 1.88. The fraction of sp³-hybridized carbons (Fsp3) is 0.455. The van der Waals surface area contributed by atoms with Crippen LogP contribution in [0.3, 0.4) is 0 Å². The van der Waals surface area contributed by atoms with E-state index in [2.05, 4.69) is 0 Å². The topological polar surface area (TPSA) is 40.5 Å². The van der Waals surface area contributed by atoms with Crippen LogP contribution in [0.4, 0.5) is 0 Å². The van der Waals surface area contributed by atoms with Gasteiger partial charge in [0.25, 0.3) is 0 Å². The first kappa shape index (κ1) is 10.8. The van der Waals surface area contributed by atoms with E-state index in [1.54, 1.807) is 6.08 Å². The summed E-state index contributed by atoms with van der Waals surface area (Å²) in [5.74, 6) is 1.92. The Morgan fingerprint density at radius 1 is 1.71 bits per heavy atom. The van der Waals surface area contributed by atoms with E-state index >= 15 is 0 Å². The molecule has 0 heterocycles. The highest BCUT2D eigenvalue weighted by molar-refractivity contribution is 5.66. The van der Waals surface area contributed by atoms with Crippen molar-refractivity contribution in [2.24, 2.45) is 0 Å². The molecule has 1 aliphatic carbocycles. The van der Waals surface area contributed by atoms with Crippen molar-refractivity contribution >= 4 is 5.94 Å². The van der Waals surface area contributed by atoms with Crippen LogP contribution in [0.15, 0.2) is 29.5 Å². The lowest BCUT2D eigenvalue weighted by Gasteiger charge is -2.16. The fourth-order valence-electron chi connectivity index (χ4n) is 1.40. The van der Waals surface area contributed by atoms with Gasteiger partial charge in [0.1, 0.15) is 5.94 Å². The molecule has 76 valence electrons. The smallest absolute Gasteiger partial charge is 0.132 e. The van der Waals surface area contributed by atoms with Crippen LogP contribution >= 0.6 is 0 Å². The van der Waals surface area contributed by atoms with E-state index in [-0.39, 0.29) is 6.61 Å². The van der Waals surface area contributed by atoms with Crippen LogP contribution in [0.1, 0.15) is 12.8 Å². The Morgan fingerprint density at radius 2 is 2.50 bits per heavy atom. The molecule has 0 aromatic rings. The number of rotatable bonds is 3. The summed E-state index contributed by atoms with van der Waals surface area (Å²) < 4.78 is 0. The fourth-order valence-corrected chi connectivity index (χ4v) is 1.40. The normalized spacial score (nSPS) is 18.4. The Hall–Kier alpha value is -1.31. The van der Waals surface area contributed by atoms with Crippen molar-refractivity contribution in [2.45, 2.75) is 12.8 Å². The lowest BCUT2D eigenvalue weighted by atomic mass is 9.97. The van der Waals surface area contributed by atoms with Gasteiger partial charge in [0.15, 0.2) is 0 Å². The highest BCUT2D eigenvalue weighted by Crippen LogP contribution is 2.21. The lowest BCUT2D eigenvalue weighted by Crippen LogP contribution is -2.16. The molecule has 0 aromatic heterocycles. The van der Waals surface area contributed by atoms with Gasteiger partial charge in [-0.2, -0.15) is 0 Å². The average molecular weight is 193 g/mol. The van der Waals surface area contributed by atoms with Gasteiger partial charge in [0.05, 0.1) is 12.2 Å². The molecular weight excluding hydrogens is 178 g/mol. The van der Waals surface area contributed by atoms with Crippen LogP contribution in [-0.2, 0) is 4.79 Å². The van der Waals surface area contributed by atoms with Crippen molar-refractivity contribution in [3.05, 3.63) is 29.5 Å². The summed E-state index contributed by atoms with van der Waals surface area (Å²) in [6, 6.07) is 0. The molecule has 0 spiro atoms. The molecule has 0 bridgehead atoms. The Balaban J connectivity index is 2.75. The first-order chi connectivity index (χ1) is 6.77. The third-order valence-electron chi connectivity index (χ3n) is 2.15. The van der Waals surface area contributed by atoms with Gasteiger partial charge in [-0.15, -0.1) is 0 Å². The lowest BCUT2D eigenvalue weighted by molar-refractivity contribution is 0.253. The summed E-state index contributed by atoms with van der Waals surface area (Å²) in [5.41, 5.74) is 1.62. The minimum absolute atomic E-state index is 0.121. The minimum Gasteiger partial charge on any atom is -0.395 e. The molecule has 0 saturated carbocycles. The highest BCUT2D eigenvalue weighted by atomic mass is 16.3. The van der Waals surface area contributed by atoms with Gasteiger partial charge in [-0.25, -0.2) is 4.79 Å². The molecule has 1 rings (SSSR count). The molecule has 0 aliphatic heterocycles. The maximum atomic E-state index is 10.6. The van der Waals surface area contributed by atoms with E-state index in [9.17, 15) is 4.79 Å². The highest BCUT2D eigenvalue weighted by Gasteiger charge is 2.08. The number of carbonyl (C=O) groups excluding carboxylic acids is 1. The van der Waals surface area contributed by atoms with Crippen LogP contribution in [0.5, 0.6) is 0 Å². The average Bonchev–Trinajstić information content (AvgIpc) is 2.19. The zero-order chi connectivity index (χ0) is 10.4. The van der Waals surface area contributed by atoms with Gasteiger partial charge in [-0.1, -0.05) is 6.08 Å². The van der Waals surface area contributed by atoms with Crippen molar-refractivity contribution < 1.29 is 9.90 Å². The number of allylic oxidation sites excluding steroid dienone is 4. The summed E-state index contributed by atoms with van der Waals surface area (Å²) in [6.45, 7) is 0.704. The minimum atomic E-state index is 0.121. The first-order valence-electron chi connectivity index (χ1n) is 4.71. The summed E-state index contributed by atoms with van der Waals surface area (Å²) in [5, 5.41) is 8.72. The molecule has 3 heteroatoms. The molecule has 1 N–H and O–H groups in total. The Morgan fingerprint density at radius 3 is 3.14 bits per heavy atom. The maximum absolute atomic E-state index is 10.6. The summed E-state index contributed by atoms with van der Waals surface area (Å²) >= 11 is 0. The number of aliphatic hydroxyl groups is 1. The molecule has 14 heavy (non-hydrogen) atoms. The summed E-state index contributed by atoms with van der Waals surface area (Å²) in [6.07, 6.45) is 7.51. The van der Waals surface area contributed by atoms with Gasteiger partial charge in [0.2, 0.25) is 0 Å². The largest absolute Gasteiger partial charge is 0.395 e. The van der Waals surface area contributed by atoms with E-state index < -0.39 is 0 Å². The summed E-state index contributed by atoms with van der Waals surface area (Å²) in [4.78, 5) is 12.5. The zero-order valence-corrected chi connectivity index (χ0v) is 8.36. The van der Waals surface area contributed by atoms with Crippen LogP contribution < -0.4 is 0 Å². The van der Waals surface area contributed by atoms with E-state index in [1.807, 2.05) is 30.2 Å². The van der Waals surface area contributed by atoms with Gasteiger partial charge in [0, 0.05) is 19.8 Å². The number of aliphatic hydroxyl groups excluding tert-OH is 1. The van der Waals surface area contributed by atoms with Crippen molar-refractivity contribution in [1.82, 2.24) is 4.90 Å². The van der Waals surface area contributed by atoms with Gasteiger partial charge < -0.3 is 10.0 Å². The third-order valence-corrected chi connectivity index (χ3v) is 2.15. The molecule has 1 aliphatic rings. The molecule has 0 fully saturated rings. The third kappa shape index (κ3) is 2.87. The Labute approximate surface area is 84.0 Å². The van der Waals surface area contributed by atoms with Crippen LogP contribution in [0.2, 0.25) is 0 Å². The van der Waals surface area contributed by atoms with E-state index in [1.165, 1.54) is 0 Å². The van der Waals surface area contributed by atoms with Crippen LogP contribution in [0, 0.1) is 0 Å². The SMILES string of the molecule is CN(/C=C1/CCC=CC1=C=O)CCO. The maximum Gasteiger partial charge on any atom is 0.132 e. The quantitative estimate of drug-likeness (QED) is 0.677. The van der Waals surface area contributed by atoms with Gasteiger partial charge >= 0.3 is 0 Å². The van der Waals surface area contributed by atoms with Crippen LogP contribution in [0.25, 0.3) is 0 Å². The molecule has 3 nitrogen and oxygen atoms in total. The molecular formula is C11H15NO2. The van der Waals surface area contributed by atoms with Gasteiger partial charge in [-0.05, 0) is 24.5 Å². The second-order valence-electron chi connectivity index (χ2n) is 3.32. The van der Waals surface area contributed by atoms with E-state index in [4.69, 9.17) is 5.11 Å². The number of hydrogen-bond acceptors (Lipinski definition) is 3. The molecule has 0 aromatic carbocycles. The zero-order valence-electron chi connectivity index (χ0n) is 8.36. The monoisotopic (exact) mass is 193 g/mol. The number of likely N-dealkylation sites (N-methyl/N-ethyl adjacent to an activating group) is 1. The second kappa shape index (κ2) is 5.43. The molecule has 0 atom stereocenters. The van der Waals surface area contributed by atoms with Gasteiger partial charge in [-0.3, -0.25) is 0 Å².